The summed E-state index contributed by atoms with van der Waals surface area (Å²) < 4.78 is 24.3. The summed E-state index contributed by atoms with van der Waals surface area (Å²) in [6.45, 7) is 3.89. The van der Waals surface area contributed by atoms with E-state index < -0.39 is 15.1 Å². The van der Waals surface area contributed by atoms with Gasteiger partial charge >= 0.3 is 0 Å². The van der Waals surface area contributed by atoms with Crippen LogP contribution in [0.2, 0.25) is 0 Å². The molecule has 0 radical (unpaired) electrons. The summed E-state index contributed by atoms with van der Waals surface area (Å²) in [5.41, 5.74) is 0.756. The number of amides is 2. The van der Waals surface area contributed by atoms with Crippen molar-refractivity contribution in [3.63, 3.8) is 0 Å². The maximum absolute atomic E-state index is 12.6. The Hall–Kier alpha value is -1.89. The lowest BCUT2D eigenvalue weighted by Crippen LogP contribution is -2.47. The van der Waals surface area contributed by atoms with Gasteiger partial charge in [0.25, 0.3) is 0 Å². The predicted molar refractivity (Wildman–Crippen MR) is 98.4 cm³/mol. The van der Waals surface area contributed by atoms with E-state index in [2.05, 4.69) is 5.32 Å². The van der Waals surface area contributed by atoms with Gasteiger partial charge in [-0.3, -0.25) is 9.59 Å². The molecule has 1 N–H and O–H groups in total. The molecule has 2 amide bonds. The zero-order chi connectivity index (χ0) is 18.9. The summed E-state index contributed by atoms with van der Waals surface area (Å²) in [6, 6.07) is 6.39. The van der Waals surface area contributed by atoms with Gasteiger partial charge in [0.1, 0.15) is 6.04 Å². The SMILES string of the molecule is CC(C)S(=O)(=O)c1ccc(CC(=O)N2CCCC2C(=O)NC2CC2)cc1. The van der Waals surface area contributed by atoms with E-state index in [1.54, 1.807) is 43.0 Å². The van der Waals surface area contributed by atoms with E-state index in [1.807, 2.05) is 0 Å². The predicted octanol–water partition coefficient (Wildman–Crippen LogP) is 1.68. The van der Waals surface area contributed by atoms with E-state index in [-0.39, 0.29) is 35.2 Å². The van der Waals surface area contributed by atoms with Crippen LogP contribution in [-0.2, 0) is 25.8 Å². The lowest BCUT2D eigenvalue weighted by molar-refractivity contribution is -0.138. The Bertz CT molecular complexity index is 782. The Morgan fingerprint density at radius 2 is 1.81 bits per heavy atom. The van der Waals surface area contributed by atoms with E-state index >= 15 is 0 Å². The van der Waals surface area contributed by atoms with Crippen LogP contribution in [0.1, 0.15) is 45.1 Å². The van der Waals surface area contributed by atoms with Gasteiger partial charge in [-0.05, 0) is 57.2 Å². The summed E-state index contributed by atoms with van der Waals surface area (Å²) in [7, 11) is -3.31. The van der Waals surface area contributed by atoms with Gasteiger partial charge in [0.2, 0.25) is 11.8 Å². The molecule has 6 nitrogen and oxygen atoms in total. The highest BCUT2D eigenvalue weighted by Gasteiger charge is 2.36. The molecule has 0 aromatic heterocycles. The molecule has 1 unspecified atom stereocenters. The van der Waals surface area contributed by atoms with Crippen molar-refractivity contribution >= 4 is 21.7 Å². The standard InChI is InChI=1S/C19H26N2O4S/c1-13(2)26(24,25)16-9-5-14(6-10-16)12-18(22)21-11-3-4-17(21)19(23)20-15-7-8-15/h5-6,9-10,13,15,17H,3-4,7-8,11-12H2,1-2H3,(H,20,23). The third-order valence-electron chi connectivity index (χ3n) is 5.03. The first-order chi connectivity index (χ1) is 12.3. The van der Waals surface area contributed by atoms with E-state index in [0.717, 1.165) is 24.8 Å². The smallest absolute Gasteiger partial charge is 0.243 e. The number of carbonyl (C=O) groups excluding carboxylic acids is 2. The van der Waals surface area contributed by atoms with Crippen molar-refractivity contribution in [1.29, 1.82) is 0 Å². The zero-order valence-corrected chi connectivity index (χ0v) is 16.1. The highest BCUT2D eigenvalue weighted by molar-refractivity contribution is 7.92. The highest BCUT2D eigenvalue weighted by atomic mass is 32.2. The van der Waals surface area contributed by atoms with E-state index in [4.69, 9.17) is 0 Å². The number of nitrogens with one attached hydrogen (secondary N) is 1. The summed E-state index contributed by atoms with van der Waals surface area (Å²) in [6.07, 6.45) is 3.77. The minimum atomic E-state index is -3.31. The molecule has 2 fully saturated rings. The minimum absolute atomic E-state index is 0.0447. The van der Waals surface area contributed by atoms with Gasteiger partial charge in [0.15, 0.2) is 9.84 Å². The molecule has 1 heterocycles. The molecule has 142 valence electrons. The number of hydrogen-bond acceptors (Lipinski definition) is 4. The van der Waals surface area contributed by atoms with Gasteiger partial charge in [0.05, 0.1) is 16.6 Å². The van der Waals surface area contributed by atoms with Gasteiger partial charge in [-0.15, -0.1) is 0 Å². The van der Waals surface area contributed by atoms with Crippen LogP contribution < -0.4 is 5.32 Å². The van der Waals surface area contributed by atoms with Crippen molar-refractivity contribution in [3.05, 3.63) is 29.8 Å². The van der Waals surface area contributed by atoms with Crippen LogP contribution >= 0.6 is 0 Å². The van der Waals surface area contributed by atoms with Crippen LogP contribution in [0.3, 0.4) is 0 Å². The molecule has 1 aromatic rings. The lowest BCUT2D eigenvalue weighted by Gasteiger charge is -2.24. The molecule has 2 aliphatic rings. The first-order valence-corrected chi connectivity index (χ1v) is 10.8. The first kappa shape index (κ1) is 18.9. The molecule has 1 aliphatic heterocycles. The van der Waals surface area contributed by atoms with Gasteiger partial charge in [-0.2, -0.15) is 0 Å². The van der Waals surface area contributed by atoms with Crippen molar-refractivity contribution in [3.8, 4) is 0 Å². The number of hydrogen-bond donors (Lipinski definition) is 1. The van der Waals surface area contributed by atoms with E-state index in [1.165, 1.54) is 0 Å². The molecule has 1 aromatic carbocycles. The van der Waals surface area contributed by atoms with Crippen molar-refractivity contribution in [1.82, 2.24) is 10.2 Å². The molecule has 26 heavy (non-hydrogen) atoms. The fourth-order valence-corrected chi connectivity index (χ4v) is 4.27. The second-order valence-electron chi connectivity index (χ2n) is 7.44. The largest absolute Gasteiger partial charge is 0.352 e. The Morgan fingerprint density at radius 1 is 1.15 bits per heavy atom. The second-order valence-corrected chi connectivity index (χ2v) is 9.95. The highest BCUT2D eigenvalue weighted by Crippen LogP contribution is 2.23. The number of benzene rings is 1. The monoisotopic (exact) mass is 378 g/mol. The molecule has 7 heteroatoms. The average Bonchev–Trinajstić information content (AvgIpc) is 3.26. The molecule has 1 atom stereocenters. The van der Waals surface area contributed by atoms with Crippen molar-refractivity contribution in [2.45, 2.75) is 68.2 Å². The van der Waals surface area contributed by atoms with Crippen molar-refractivity contribution in [2.24, 2.45) is 0 Å². The van der Waals surface area contributed by atoms with Crippen LogP contribution in [0, 0.1) is 0 Å². The minimum Gasteiger partial charge on any atom is -0.352 e. The summed E-state index contributed by atoms with van der Waals surface area (Å²) in [4.78, 5) is 26.9. The number of sulfone groups is 1. The Labute approximate surface area is 154 Å². The maximum atomic E-state index is 12.6. The van der Waals surface area contributed by atoms with Gasteiger partial charge in [0, 0.05) is 12.6 Å². The topological polar surface area (TPSA) is 83.6 Å². The summed E-state index contributed by atoms with van der Waals surface area (Å²) in [5.74, 6) is -0.130. The third-order valence-corrected chi connectivity index (χ3v) is 7.20. The van der Waals surface area contributed by atoms with Crippen LogP contribution in [0.15, 0.2) is 29.2 Å². The Balaban J connectivity index is 1.64. The van der Waals surface area contributed by atoms with Crippen molar-refractivity contribution < 1.29 is 18.0 Å². The molecule has 1 aliphatic carbocycles. The van der Waals surface area contributed by atoms with Crippen LogP contribution in [0.4, 0.5) is 0 Å². The first-order valence-electron chi connectivity index (χ1n) is 9.21. The quantitative estimate of drug-likeness (QED) is 0.816. The van der Waals surface area contributed by atoms with Crippen LogP contribution in [0.5, 0.6) is 0 Å². The molecule has 3 rings (SSSR count). The average molecular weight is 378 g/mol. The normalized spacial score (nSPS) is 20.4. The fourth-order valence-electron chi connectivity index (χ4n) is 3.21. The van der Waals surface area contributed by atoms with Gasteiger partial charge < -0.3 is 10.2 Å². The zero-order valence-electron chi connectivity index (χ0n) is 15.3. The molecule has 1 saturated carbocycles. The third kappa shape index (κ3) is 4.09. The Kier molecular flexibility index (Phi) is 5.37. The number of rotatable bonds is 6. The number of likely N-dealkylation sites (tertiary alicyclic amines) is 1. The van der Waals surface area contributed by atoms with E-state index in [0.29, 0.717) is 13.0 Å². The molecular formula is C19H26N2O4S. The van der Waals surface area contributed by atoms with Gasteiger partial charge in [-0.25, -0.2) is 8.42 Å². The number of carbonyl (C=O) groups is 2. The van der Waals surface area contributed by atoms with Gasteiger partial charge in [-0.1, -0.05) is 12.1 Å². The molecular weight excluding hydrogens is 352 g/mol. The number of nitrogens with zero attached hydrogens (tertiary/aromatic N) is 1. The second kappa shape index (κ2) is 7.39. The molecule has 0 bridgehead atoms. The maximum Gasteiger partial charge on any atom is 0.243 e. The lowest BCUT2D eigenvalue weighted by atomic mass is 10.1. The summed E-state index contributed by atoms with van der Waals surface area (Å²) >= 11 is 0. The van der Waals surface area contributed by atoms with Crippen LogP contribution in [0.25, 0.3) is 0 Å². The fraction of sp³-hybridized carbons (Fsp3) is 0.579. The Morgan fingerprint density at radius 3 is 2.38 bits per heavy atom. The molecule has 0 spiro atoms. The van der Waals surface area contributed by atoms with Crippen molar-refractivity contribution in [2.75, 3.05) is 6.54 Å². The molecule has 1 saturated heterocycles. The van der Waals surface area contributed by atoms with Crippen LogP contribution in [-0.4, -0.2) is 49.0 Å². The summed E-state index contributed by atoms with van der Waals surface area (Å²) in [5, 5.41) is 2.50. The van der Waals surface area contributed by atoms with E-state index in [9.17, 15) is 18.0 Å².